The molecule has 2 fully saturated rings. The summed E-state index contributed by atoms with van der Waals surface area (Å²) in [5.74, 6) is -0.123. The van der Waals surface area contributed by atoms with Gasteiger partial charge in [-0.1, -0.05) is 12.1 Å². The van der Waals surface area contributed by atoms with Crippen LogP contribution in [0.5, 0.6) is 5.75 Å². The van der Waals surface area contributed by atoms with Gasteiger partial charge >= 0.3 is 6.03 Å². The number of hydrogen-bond donors (Lipinski definition) is 2. The van der Waals surface area contributed by atoms with E-state index >= 15 is 0 Å². The van der Waals surface area contributed by atoms with E-state index in [0.717, 1.165) is 5.56 Å². The third-order valence-corrected chi connectivity index (χ3v) is 5.14. The van der Waals surface area contributed by atoms with Gasteiger partial charge in [-0.2, -0.15) is 0 Å². The predicted molar refractivity (Wildman–Crippen MR) is 101 cm³/mol. The normalized spacial score (nSPS) is 26.6. The maximum Gasteiger partial charge on any atom is 0.315 e. The van der Waals surface area contributed by atoms with Crippen LogP contribution in [0.1, 0.15) is 18.5 Å². The molecule has 2 aromatic rings. The molecule has 2 aromatic carbocycles. The fraction of sp³-hybridized carbons (Fsp3) is 0.381. The number of ether oxygens (including phenoxy) is 3. The standard InChI is InChI=1S/C21H22F2N2O4/c1-12(13-2-4-14(22)5-3-13)24-21(26)25-17-10-27-20-18(11-28-19(17)20)29-16-8-6-15(23)7-9-16/h2-9,12,17-20H,10-11H2,1H3,(H2,24,25,26)/t12-,17+,18+,19-,20-/m1/s1. The molecule has 0 aliphatic carbocycles. The van der Waals surface area contributed by atoms with Gasteiger partial charge in [-0.3, -0.25) is 0 Å². The number of benzene rings is 2. The molecule has 29 heavy (non-hydrogen) atoms. The van der Waals surface area contributed by atoms with Crippen molar-refractivity contribution < 1.29 is 27.8 Å². The monoisotopic (exact) mass is 404 g/mol. The third-order valence-electron chi connectivity index (χ3n) is 5.14. The van der Waals surface area contributed by atoms with Crippen molar-refractivity contribution in [2.24, 2.45) is 0 Å². The first-order valence-electron chi connectivity index (χ1n) is 9.47. The molecule has 0 radical (unpaired) electrons. The van der Waals surface area contributed by atoms with E-state index in [1.165, 1.54) is 24.3 Å². The first-order valence-corrected chi connectivity index (χ1v) is 9.47. The molecule has 2 heterocycles. The van der Waals surface area contributed by atoms with Crippen molar-refractivity contribution in [2.75, 3.05) is 13.2 Å². The van der Waals surface area contributed by atoms with Crippen LogP contribution in [0, 0.1) is 11.6 Å². The number of nitrogens with one attached hydrogen (secondary N) is 2. The number of carbonyl (C=O) groups excluding carboxylic acids is 1. The lowest BCUT2D eigenvalue weighted by Gasteiger charge is -2.20. The maximum atomic E-state index is 13.0. The molecule has 0 aromatic heterocycles. The van der Waals surface area contributed by atoms with E-state index in [1.807, 2.05) is 6.92 Å². The zero-order valence-corrected chi connectivity index (χ0v) is 15.8. The number of urea groups is 1. The zero-order valence-electron chi connectivity index (χ0n) is 15.8. The Hall–Kier alpha value is -2.71. The Kier molecular flexibility index (Phi) is 5.64. The first kappa shape index (κ1) is 19.6. The Balaban J connectivity index is 1.30. The van der Waals surface area contributed by atoms with Crippen molar-refractivity contribution >= 4 is 6.03 Å². The molecule has 0 spiro atoms. The summed E-state index contributed by atoms with van der Waals surface area (Å²) in [6, 6.07) is 10.8. The first-order chi connectivity index (χ1) is 14.0. The largest absolute Gasteiger partial charge is 0.485 e. The number of halogens is 2. The Bertz CT molecular complexity index is 847. The van der Waals surface area contributed by atoms with Gasteiger partial charge in [0.15, 0.2) is 6.10 Å². The maximum absolute atomic E-state index is 13.0. The number of rotatable bonds is 5. The predicted octanol–water partition coefficient (Wildman–Crippen LogP) is 2.94. The third kappa shape index (κ3) is 4.49. The second kappa shape index (κ2) is 8.34. The minimum atomic E-state index is -0.359. The van der Waals surface area contributed by atoms with Crippen molar-refractivity contribution in [3.8, 4) is 5.75 Å². The molecule has 5 atom stereocenters. The number of amides is 2. The number of carbonyl (C=O) groups is 1. The van der Waals surface area contributed by atoms with Gasteiger partial charge in [-0.15, -0.1) is 0 Å². The molecule has 0 unspecified atom stereocenters. The van der Waals surface area contributed by atoms with Crippen molar-refractivity contribution in [3.05, 3.63) is 65.7 Å². The second-order valence-corrected chi connectivity index (χ2v) is 7.20. The molecule has 4 rings (SSSR count). The van der Waals surface area contributed by atoms with E-state index in [4.69, 9.17) is 14.2 Å². The van der Waals surface area contributed by atoms with Gasteiger partial charge in [-0.05, 0) is 48.9 Å². The molecule has 0 bridgehead atoms. The fourth-order valence-corrected chi connectivity index (χ4v) is 3.62. The van der Waals surface area contributed by atoms with E-state index in [9.17, 15) is 13.6 Å². The molecule has 2 saturated heterocycles. The summed E-state index contributed by atoms with van der Waals surface area (Å²) in [7, 11) is 0. The van der Waals surface area contributed by atoms with E-state index in [2.05, 4.69) is 10.6 Å². The highest BCUT2D eigenvalue weighted by molar-refractivity contribution is 5.75. The Morgan fingerprint density at radius 2 is 1.62 bits per heavy atom. The van der Waals surface area contributed by atoms with Crippen LogP contribution < -0.4 is 15.4 Å². The van der Waals surface area contributed by atoms with Gasteiger partial charge < -0.3 is 24.8 Å². The average molecular weight is 404 g/mol. The molecular formula is C21H22F2N2O4. The van der Waals surface area contributed by atoms with E-state index in [0.29, 0.717) is 19.0 Å². The summed E-state index contributed by atoms with van der Waals surface area (Å²) in [4.78, 5) is 12.4. The van der Waals surface area contributed by atoms with E-state index in [-0.39, 0.29) is 48.1 Å². The van der Waals surface area contributed by atoms with Gasteiger partial charge in [0.1, 0.15) is 29.6 Å². The Morgan fingerprint density at radius 3 is 2.31 bits per heavy atom. The minimum Gasteiger partial charge on any atom is -0.485 e. The van der Waals surface area contributed by atoms with Crippen LogP contribution in [0.3, 0.4) is 0 Å². The van der Waals surface area contributed by atoms with Gasteiger partial charge in [0.25, 0.3) is 0 Å². The van der Waals surface area contributed by atoms with Crippen molar-refractivity contribution in [1.82, 2.24) is 10.6 Å². The highest BCUT2D eigenvalue weighted by Crippen LogP contribution is 2.30. The topological polar surface area (TPSA) is 68.8 Å². The molecule has 2 aliphatic heterocycles. The van der Waals surface area contributed by atoms with Gasteiger partial charge in [0, 0.05) is 0 Å². The Labute approximate surface area is 167 Å². The Morgan fingerprint density at radius 1 is 1.00 bits per heavy atom. The van der Waals surface area contributed by atoms with E-state index in [1.54, 1.807) is 24.3 Å². The highest BCUT2D eigenvalue weighted by atomic mass is 19.1. The van der Waals surface area contributed by atoms with Crippen LogP contribution in [0.25, 0.3) is 0 Å². The van der Waals surface area contributed by atoms with Crippen LogP contribution in [0.2, 0.25) is 0 Å². The molecular weight excluding hydrogens is 382 g/mol. The number of hydrogen-bond acceptors (Lipinski definition) is 4. The van der Waals surface area contributed by atoms with Gasteiger partial charge in [0.2, 0.25) is 0 Å². The lowest BCUT2D eigenvalue weighted by Crippen LogP contribution is -2.48. The fourth-order valence-electron chi connectivity index (χ4n) is 3.62. The molecule has 8 heteroatoms. The molecule has 0 saturated carbocycles. The number of fused-ring (bicyclic) bond motifs is 1. The summed E-state index contributed by atoms with van der Waals surface area (Å²) in [5.41, 5.74) is 0.798. The SMILES string of the molecule is C[C@@H](NC(=O)N[C@H]1CO[C@H]2[C@@H]1OC[C@@H]2Oc1ccc(F)cc1)c1ccc(F)cc1. The summed E-state index contributed by atoms with van der Waals surface area (Å²) < 4.78 is 43.5. The van der Waals surface area contributed by atoms with E-state index < -0.39 is 0 Å². The molecule has 2 N–H and O–H groups in total. The van der Waals surface area contributed by atoms with Crippen LogP contribution >= 0.6 is 0 Å². The van der Waals surface area contributed by atoms with Crippen LogP contribution in [-0.4, -0.2) is 43.6 Å². The second-order valence-electron chi connectivity index (χ2n) is 7.20. The van der Waals surface area contributed by atoms with Crippen molar-refractivity contribution in [1.29, 1.82) is 0 Å². The molecule has 2 aliphatic rings. The minimum absolute atomic E-state index is 0.284. The quantitative estimate of drug-likeness (QED) is 0.804. The molecule has 154 valence electrons. The lowest BCUT2D eigenvalue weighted by atomic mass is 10.1. The highest BCUT2D eigenvalue weighted by Gasteiger charge is 2.49. The summed E-state index contributed by atoms with van der Waals surface area (Å²) in [6.45, 7) is 2.44. The molecule has 2 amide bonds. The van der Waals surface area contributed by atoms with Crippen LogP contribution in [0.15, 0.2) is 48.5 Å². The zero-order chi connectivity index (χ0) is 20.4. The summed E-state index contributed by atoms with van der Waals surface area (Å²) in [5, 5.41) is 5.70. The van der Waals surface area contributed by atoms with Crippen LogP contribution in [-0.2, 0) is 9.47 Å². The van der Waals surface area contributed by atoms with Crippen LogP contribution in [0.4, 0.5) is 13.6 Å². The van der Waals surface area contributed by atoms with Crippen molar-refractivity contribution in [2.45, 2.75) is 37.3 Å². The van der Waals surface area contributed by atoms with Crippen molar-refractivity contribution in [3.63, 3.8) is 0 Å². The average Bonchev–Trinajstić information content (AvgIpc) is 3.27. The van der Waals surface area contributed by atoms with Gasteiger partial charge in [0.05, 0.1) is 25.3 Å². The smallest absolute Gasteiger partial charge is 0.315 e. The summed E-state index contributed by atoms with van der Waals surface area (Å²) in [6.07, 6.45) is -0.981. The summed E-state index contributed by atoms with van der Waals surface area (Å²) >= 11 is 0. The van der Waals surface area contributed by atoms with Gasteiger partial charge in [-0.25, -0.2) is 13.6 Å². The lowest BCUT2D eigenvalue weighted by molar-refractivity contribution is 0.0303. The molecule has 6 nitrogen and oxygen atoms in total.